The molecular formula is C23H46N6Si4. The molecule has 10 heteroatoms. The Labute approximate surface area is 205 Å². The van der Waals surface area contributed by atoms with Crippen molar-refractivity contribution in [2.45, 2.75) is 98.1 Å². The molecule has 0 aliphatic rings. The van der Waals surface area contributed by atoms with Gasteiger partial charge >= 0.3 is 0 Å². The summed E-state index contributed by atoms with van der Waals surface area (Å²) < 4.78 is 3.92. The SMILES string of the molecule is C[Si](C)(C)C(=Cc1cn(CCCn2cc(C=C([Si](C)(C)C)[Si](C)(C)C)nn2)nn1)[Si](C)(C)C. The maximum Gasteiger partial charge on any atom is 0.105 e. The molecule has 0 radical (unpaired) electrons. The highest BCUT2D eigenvalue weighted by atomic mass is 28.4. The monoisotopic (exact) mass is 518 g/mol. The van der Waals surface area contributed by atoms with E-state index < -0.39 is 32.3 Å². The lowest BCUT2D eigenvalue weighted by atomic mass is 10.4. The van der Waals surface area contributed by atoms with Gasteiger partial charge in [-0.15, -0.1) is 10.2 Å². The van der Waals surface area contributed by atoms with Crippen molar-refractivity contribution in [1.82, 2.24) is 30.0 Å². The summed E-state index contributed by atoms with van der Waals surface area (Å²) in [6.45, 7) is 30.8. The van der Waals surface area contributed by atoms with Crippen LogP contribution >= 0.6 is 0 Å². The average molecular weight is 519 g/mol. The molecule has 0 saturated heterocycles. The van der Waals surface area contributed by atoms with Crippen LogP contribution in [0.5, 0.6) is 0 Å². The van der Waals surface area contributed by atoms with Crippen LogP contribution in [0.15, 0.2) is 22.0 Å². The van der Waals surface area contributed by atoms with Gasteiger partial charge in [0.25, 0.3) is 0 Å². The zero-order chi connectivity index (χ0) is 25.2. The van der Waals surface area contributed by atoms with Gasteiger partial charge in [-0.3, -0.25) is 9.36 Å². The van der Waals surface area contributed by atoms with E-state index in [1.54, 1.807) is 9.64 Å². The fourth-order valence-electron chi connectivity index (χ4n) is 4.78. The normalized spacial score (nSPS) is 13.2. The molecule has 0 aromatic carbocycles. The highest BCUT2D eigenvalue weighted by Gasteiger charge is 2.32. The number of hydrogen-bond donors (Lipinski definition) is 0. The first-order chi connectivity index (χ1) is 14.9. The number of aryl methyl sites for hydroxylation is 2. The predicted octanol–water partition coefficient (Wildman–Crippen LogP) is 6.24. The zero-order valence-corrected chi connectivity index (χ0v) is 27.1. The van der Waals surface area contributed by atoms with Crippen LogP contribution in [0.1, 0.15) is 17.8 Å². The summed E-state index contributed by atoms with van der Waals surface area (Å²) in [4.78, 5) is 3.31. The zero-order valence-electron chi connectivity index (χ0n) is 23.1. The van der Waals surface area contributed by atoms with Crippen molar-refractivity contribution in [2.75, 3.05) is 0 Å². The van der Waals surface area contributed by atoms with E-state index in [1.165, 1.54) is 0 Å². The first-order valence-electron chi connectivity index (χ1n) is 12.1. The highest BCUT2D eigenvalue weighted by Crippen LogP contribution is 2.28. The van der Waals surface area contributed by atoms with Crippen LogP contribution in [-0.4, -0.2) is 62.3 Å². The molecule has 2 aromatic rings. The van der Waals surface area contributed by atoms with Crippen LogP contribution in [0.2, 0.25) is 78.6 Å². The lowest BCUT2D eigenvalue weighted by Gasteiger charge is -2.31. The van der Waals surface area contributed by atoms with E-state index in [2.05, 4.69) is 124 Å². The van der Waals surface area contributed by atoms with Gasteiger partial charge in [-0.25, -0.2) is 0 Å². The third-order valence-electron chi connectivity index (χ3n) is 5.70. The topological polar surface area (TPSA) is 61.4 Å². The van der Waals surface area contributed by atoms with Crippen LogP contribution < -0.4 is 0 Å². The number of nitrogens with zero attached hydrogens (tertiary/aromatic N) is 6. The first kappa shape index (κ1) is 27.9. The minimum atomic E-state index is -1.37. The minimum Gasteiger partial charge on any atom is -0.252 e. The Morgan fingerprint density at radius 2 is 0.909 bits per heavy atom. The van der Waals surface area contributed by atoms with Crippen LogP contribution in [0.4, 0.5) is 0 Å². The molecule has 0 bridgehead atoms. The van der Waals surface area contributed by atoms with Gasteiger partial charge in [0.1, 0.15) is 11.4 Å². The summed E-state index contributed by atoms with van der Waals surface area (Å²) in [6, 6.07) is 0. The summed E-state index contributed by atoms with van der Waals surface area (Å²) in [7, 11) is -5.48. The van der Waals surface area contributed by atoms with Gasteiger partial charge in [-0.1, -0.05) is 98.6 Å². The van der Waals surface area contributed by atoms with Crippen LogP contribution in [0.25, 0.3) is 12.2 Å². The van der Waals surface area contributed by atoms with Crippen molar-refractivity contribution >= 4 is 44.4 Å². The van der Waals surface area contributed by atoms with Gasteiger partial charge in [0.05, 0.1) is 44.7 Å². The van der Waals surface area contributed by atoms with E-state index in [-0.39, 0.29) is 0 Å². The summed E-state index contributed by atoms with van der Waals surface area (Å²) >= 11 is 0. The van der Waals surface area contributed by atoms with Crippen molar-refractivity contribution in [2.24, 2.45) is 0 Å². The molecule has 184 valence electrons. The Kier molecular flexibility index (Phi) is 8.52. The summed E-state index contributed by atoms with van der Waals surface area (Å²) in [6.07, 6.45) is 9.77. The molecule has 0 aliphatic carbocycles. The summed E-state index contributed by atoms with van der Waals surface area (Å²) in [5.74, 6) is 0. The number of rotatable bonds is 10. The lowest BCUT2D eigenvalue weighted by Crippen LogP contribution is -2.39. The van der Waals surface area contributed by atoms with E-state index in [1.807, 2.05) is 9.36 Å². The second kappa shape index (κ2) is 10.1. The van der Waals surface area contributed by atoms with Crippen molar-refractivity contribution in [1.29, 1.82) is 0 Å². The van der Waals surface area contributed by atoms with Crippen LogP contribution in [0, 0.1) is 0 Å². The van der Waals surface area contributed by atoms with E-state index in [0.29, 0.717) is 0 Å². The van der Waals surface area contributed by atoms with Crippen molar-refractivity contribution < 1.29 is 0 Å². The molecule has 0 unspecified atom stereocenters. The first-order valence-corrected chi connectivity index (χ1v) is 26.1. The quantitative estimate of drug-likeness (QED) is 0.349. The third-order valence-corrected chi connectivity index (χ3v) is 21.7. The largest absolute Gasteiger partial charge is 0.252 e. The molecule has 33 heavy (non-hydrogen) atoms. The molecule has 2 aromatic heterocycles. The lowest BCUT2D eigenvalue weighted by molar-refractivity contribution is 0.484. The van der Waals surface area contributed by atoms with E-state index in [0.717, 1.165) is 30.9 Å². The van der Waals surface area contributed by atoms with Gasteiger partial charge < -0.3 is 0 Å². The smallest absolute Gasteiger partial charge is 0.105 e. The molecule has 0 spiro atoms. The molecule has 0 fully saturated rings. The molecule has 6 nitrogen and oxygen atoms in total. The maximum absolute atomic E-state index is 4.44. The van der Waals surface area contributed by atoms with Gasteiger partial charge in [-0.2, -0.15) is 0 Å². The Bertz CT molecular complexity index is 880. The summed E-state index contributed by atoms with van der Waals surface area (Å²) in [5, 5.41) is 17.6. The Balaban J connectivity index is 2.04. The molecule has 0 amide bonds. The highest BCUT2D eigenvalue weighted by molar-refractivity contribution is 7.06. The van der Waals surface area contributed by atoms with Crippen molar-refractivity contribution in [3.8, 4) is 0 Å². The third kappa shape index (κ3) is 8.41. The molecule has 0 atom stereocenters. The average Bonchev–Trinajstić information content (AvgIpc) is 3.23. The van der Waals surface area contributed by atoms with E-state index in [9.17, 15) is 0 Å². The summed E-state index contributed by atoms with van der Waals surface area (Å²) in [5.41, 5.74) is 1.99. The molecular weight excluding hydrogens is 473 g/mol. The van der Waals surface area contributed by atoms with E-state index in [4.69, 9.17) is 0 Å². The van der Waals surface area contributed by atoms with Gasteiger partial charge in [-0.05, 0) is 18.6 Å². The minimum absolute atomic E-state index is 0.830. The number of hydrogen-bond acceptors (Lipinski definition) is 4. The Morgan fingerprint density at radius 1 is 0.606 bits per heavy atom. The standard InChI is InChI=1S/C23H46N6Si4/c1-30(2,3)22(31(4,5)6)16-20-18-28(26-24-20)14-13-15-29-19-21(25-27-29)17-23(32(7,8)9)33(10,11)12/h16-19H,13-15H2,1-12H3. The van der Waals surface area contributed by atoms with Crippen molar-refractivity contribution in [3.63, 3.8) is 0 Å². The van der Waals surface area contributed by atoms with Crippen LogP contribution in [0.3, 0.4) is 0 Å². The molecule has 0 saturated carbocycles. The molecule has 0 aliphatic heterocycles. The number of aromatic nitrogens is 6. The van der Waals surface area contributed by atoms with Gasteiger partial charge in [0, 0.05) is 13.1 Å². The second-order valence-corrected chi connectivity index (χ2v) is 34.4. The fourth-order valence-corrected chi connectivity index (χ4v) is 25.1. The predicted molar refractivity (Wildman–Crippen MR) is 154 cm³/mol. The second-order valence-electron chi connectivity index (χ2n) is 13.3. The van der Waals surface area contributed by atoms with Gasteiger partial charge in [0.15, 0.2) is 0 Å². The Hall–Kier alpha value is -1.37. The van der Waals surface area contributed by atoms with Crippen molar-refractivity contribution in [3.05, 3.63) is 33.4 Å². The van der Waals surface area contributed by atoms with Crippen LogP contribution in [-0.2, 0) is 13.1 Å². The molecule has 2 heterocycles. The van der Waals surface area contributed by atoms with Gasteiger partial charge in [0.2, 0.25) is 0 Å². The Morgan fingerprint density at radius 3 is 1.18 bits per heavy atom. The molecule has 2 rings (SSSR count). The maximum atomic E-state index is 4.44. The van der Waals surface area contributed by atoms with E-state index >= 15 is 0 Å². The fraction of sp³-hybridized carbons (Fsp3) is 0.652. The molecule has 0 N–H and O–H groups in total.